The first kappa shape index (κ1) is 15.0. The highest BCUT2D eigenvalue weighted by Gasteiger charge is 2.17. The molecule has 2 aromatic rings. The first-order valence-corrected chi connectivity index (χ1v) is 8.52. The van der Waals surface area contributed by atoms with Crippen molar-refractivity contribution in [3.05, 3.63) is 41.5 Å². The van der Waals surface area contributed by atoms with Crippen LogP contribution in [0.25, 0.3) is 0 Å². The molecule has 0 amide bonds. The standard InChI is InChI=1S/C13H17N3O2S2/c1-10(2)15-9-12-5-6-13(19-12)20(17,18)16-11-4-3-7-14-8-11/h3-8,10,15-16H,9H2,1-2H3. The van der Waals surface area contributed by atoms with Crippen LogP contribution in [0.2, 0.25) is 0 Å². The van der Waals surface area contributed by atoms with Gasteiger partial charge in [-0.15, -0.1) is 11.3 Å². The van der Waals surface area contributed by atoms with Crippen LogP contribution < -0.4 is 10.0 Å². The molecule has 0 radical (unpaired) electrons. The molecule has 0 aliphatic carbocycles. The summed E-state index contributed by atoms with van der Waals surface area (Å²) in [6, 6.07) is 7.17. The van der Waals surface area contributed by atoms with Gasteiger partial charge in [0.15, 0.2) is 0 Å². The summed E-state index contributed by atoms with van der Waals surface area (Å²) in [5, 5.41) is 3.26. The number of hydrogen-bond acceptors (Lipinski definition) is 5. The van der Waals surface area contributed by atoms with Crippen molar-refractivity contribution < 1.29 is 8.42 Å². The van der Waals surface area contributed by atoms with Crippen molar-refractivity contribution in [1.29, 1.82) is 0 Å². The molecule has 5 nitrogen and oxygen atoms in total. The van der Waals surface area contributed by atoms with E-state index in [4.69, 9.17) is 0 Å². The minimum absolute atomic E-state index is 0.307. The molecule has 20 heavy (non-hydrogen) atoms. The second-order valence-electron chi connectivity index (χ2n) is 4.60. The number of sulfonamides is 1. The molecule has 2 heterocycles. The zero-order valence-corrected chi connectivity index (χ0v) is 13.0. The summed E-state index contributed by atoms with van der Waals surface area (Å²) in [6.45, 7) is 4.77. The molecule has 0 atom stereocenters. The minimum Gasteiger partial charge on any atom is -0.310 e. The highest BCUT2D eigenvalue weighted by molar-refractivity contribution is 7.94. The van der Waals surface area contributed by atoms with Gasteiger partial charge in [0.25, 0.3) is 10.0 Å². The fourth-order valence-electron chi connectivity index (χ4n) is 1.53. The number of nitrogens with zero attached hydrogens (tertiary/aromatic N) is 1. The lowest BCUT2D eigenvalue weighted by Crippen LogP contribution is -2.21. The average Bonchev–Trinajstić information content (AvgIpc) is 2.86. The van der Waals surface area contributed by atoms with Crippen LogP contribution in [0.1, 0.15) is 18.7 Å². The number of hydrogen-bond donors (Lipinski definition) is 2. The molecule has 0 saturated heterocycles. The van der Waals surface area contributed by atoms with Crippen LogP contribution in [-0.4, -0.2) is 19.4 Å². The van der Waals surface area contributed by atoms with Gasteiger partial charge in [0.1, 0.15) is 4.21 Å². The summed E-state index contributed by atoms with van der Waals surface area (Å²) in [6.07, 6.45) is 3.07. The highest BCUT2D eigenvalue weighted by Crippen LogP contribution is 2.23. The predicted molar refractivity (Wildman–Crippen MR) is 81.3 cm³/mol. The van der Waals surface area contributed by atoms with E-state index in [1.165, 1.54) is 17.5 Å². The molecule has 7 heteroatoms. The Morgan fingerprint density at radius 1 is 1.30 bits per heavy atom. The van der Waals surface area contributed by atoms with Gasteiger partial charge in [-0.25, -0.2) is 8.42 Å². The summed E-state index contributed by atoms with van der Waals surface area (Å²) < 4.78 is 27.2. The van der Waals surface area contributed by atoms with Crippen molar-refractivity contribution in [1.82, 2.24) is 10.3 Å². The largest absolute Gasteiger partial charge is 0.310 e. The van der Waals surface area contributed by atoms with Gasteiger partial charge >= 0.3 is 0 Å². The lowest BCUT2D eigenvalue weighted by atomic mass is 10.4. The smallest absolute Gasteiger partial charge is 0.271 e. The van der Waals surface area contributed by atoms with Gasteiger partial charge in [-0.2, -0.15) is 0 Å². The number of anilines is 1. The Bertz CT molecular complexity index is 651. The summed E-state index contributed by atoms with van der Waals surface area (Å²) in [7, 11) is -3.53. The number of rotatable bonds is 6. The van der Waals surface area contributed by atoms with Gasteiger partial charge in [0.05, 0.1) is 11.9 Å². The average molecular weight is 311 g/mol. The number of aromatic nitrogens is 1. The van der Waals surface area contributed by atoms with Crippen LogP contribution in [0.5, 0.6) is 0 Å². The molecule has 0 aliphatic heterocycles. The SMILES string of the molecule is CC(C)NCc1ccc(S(=O)(=O)Nc2cccnc2)s1. The van der Waals surface area contributed by atoms with Crippen LogP contribution in [0.3, 0.4) is 0 Å². The van der Waals surface area contributed by atoms with Crippen molar-refractivity contribution >= 4 is 27.0 Å². The van der Waals surface area contributed by atoms with Gasteiger partial charge in [-0.05, 0) is 24.3 Å². The van der Waals surface area contributed by atoms with Gasteiger partial charge in [0, 0.05) is 23.7 Å². The quantitative estimate of drug-likeness (QED) is 0.859. The van der Waals surface area contributed by atoms with Crippen molar-refractivity contribution in [3.8, 4) is 0 Å². The Morgan fingerprint density at radius 3 is 2.75 bits per heavy atom. The van der Waals surface area contributed by atoms with E-state index < -0.39 is 10.0 Å². The topological polar surface area (TPSA) is 71.1 Å². The van der Waals surface area contributed by atoms with E-state index in [9.17, 15) is 8.42 Å². The molecule has 0 spiro atoms. The third-order valence-corrected chi connectivity index (χ3v) is 5.46. The van der Waals surface area contributed by atoms with Crippen molar-refractivity contribution in [2.75, 3.05) is 4.72 Å². The first-order valence-electron chi connectivity index (χ1n) is 6.22. The van der Waals surface area contributed by atoms with Gasteiger partial charge in [-0.3, -0.25) is 9.71 Å². The van der Waals surface area contributed by atoms with Gasteiger partial charge in [0.2, 0.25) is 0 Å². The molecular weight excluding hydrogens is 294 g/mol. The normalized spacial score (nSPS) is 11.8. The molecule has 0 saturated carbocycles. The van der Waals surface area contributed by atoms with Crippen LogP contribution in [0, 0.1) is 0 Å². The van der Waals surface area contributed by atoms with Crippen molar-refractivity contribution in [3.63, 3.8) is 0 Å². The molecule has 2 aromatic heterocycles. The maximum atomic E-state index is 12.2. The second-order valence-corrected chi connectivity index (χ2v) is 7.68. The third-order valence-electron chi connectivity index (χ3n) is 2.50. The molecule has 0 unspecified atom stereocenters. The second kappa shape index (κ2) is 6.34. The number of pyridine rings is 1. The summed E-state index contributed by atoms with van der Waals surface area (Å²) in [5.41, 5.74) is 0.461. The van der Waals surface area contributed by atoms with E-state index in [2.05, 4.69) is 28.9 Å². The molecule has 0 aromatic carbocycles. The van der Waals surface area contributed by atoms with E-state index in [0.29, 0.717) is 22.5 Å². The van der Waals surface area contributed by atoms with E-state index in [-0.39, 0.29) is 0 Å². The van der Waals surface area contributed by atoms with E-state index in [0.717, 1.165) is 4.88 Å². The van der Waals surface area contributed by atoms with Crippen LogP contribution in [0.4, 0.5) is 5.69 Å². The molecule has 108 valence electrons. The molecule has 2 rings (SSSR count). The summed E-state index contributed by atoms with van der Waals surface area (Å²) >= 11 is 1.27. The maximum Gasteiger partial charge on any atom is 0.271 e. The van der Waals surface area contributed by atoms with Crippen molar-refractivity contribution in [2.45, 2.75) is 30.6 Å². The number of nitrogens with one attached hydrogen (secondary N) is 2. The molecule has 0 fully saturated rings. The minimum atomic E-state index is -3.53. The van der Waals surface area contributed by atoms with Crippen molar-refractivity contribution in [2.24, 2.45) is 0 Å². The zero-order valence-electron chi connectivity index (χ0n) is 11.3. The fourth-order valence-corrected chi connectivity index (χ4v) is 3.88. The predicted octanol–water partition coefficient (Wildman–Crippen LogP) is 2.44. The molecule has 0 aliphatic rings. The van der Waals surface area contributed by atoms with Gasteiger partial charge < -0.3 is 5.32 Å². The Kier molecular flexibility index (Phi) is 4.74. The molecular formula is C13H17N3O2S2. The maximum absolute atomic E-state index is 12.2. The van der Waals surface area contributed by atoms with E-state index in [1.807, 2.05) is 6.07 Å². The third kappa shape index (κ3) is 4.03. The summed E-state index contributed by atoms with van der Waals surface area (Å²) in [4.78, 5) is 4.87. The Labute approximate surface area is 123 Å². The Balaban J connectivity index is 2.10. The lowest BCUT2D eigenvalue weighted by Gasteiger charge is -2.06. The zero-order chi connectivity index (χ0) is 14.6. The lowest BCUT2D eigenvalue weighted by molar-refractivity contribution is 0.593. The molecule has 2 N–H and O–H groups in total. The van der Waals surface area contributed by atoms with E-state index in [1.54, 1.807) is 24.4 Å². The Morgan fingerprint density at radius 2 is 2.10 bits per heavy atom. The first-order chi connectivity index (χ1) is 9.47. The number of thiophene rings is 1. The molecule has 0 bridgehead atoms. The van der Waals surface area contributed by atoms with Crippen LogP contribution >= 0.6 is 11.3 Å². The summed E-state index contributed by atoms with van der Waals surface area (Å²) in [5.74, 6) is 0. The van der Waals surface area contributed by atoms with Crippen LogP contribution in [-0.2, 0) is 16.6 Å². The van der Waals surface area contributed by atoms with E-state index >= 15 is 0 Å². The van der Waals surface area contributed by atoms with Crippen LogP contribution in [0.15, 0.2) is 40.9 Å². The Hall–Kier alpha value is -1.44. The van der Waals surface area contributed by atoms with Gasteiger partial charge in [-0.1, -0.05) is 13.8 Å². The fraction of sp³-hybridized carbons (Fsp3) is 0.308. The highest BCUT2D eigenvalue weighted by atomic mass is 32.2. The monoisotopic (exact) mass is 311 g/mol.